The van der Waals surface area contributed by atoms with Crippen molar-refractivity contribution in [3.8, 4) is 5.75 Å². The Morgan fingerprint density at radius 3 is 2.73 bits per heavy atom. The lowest BCUT2D eigenvalue weighted by molar-refractivity contribution is 0.105. The predicted molar refractivity (Wildman–Crippen MR) is 117 cm³/mol. The zero-order valence-electron chi connectivity index (χ0n) is 18.2. The average molecular weight is 419 g/mol. The first-order chi connectivity index (χ1) is 14.4. The molecule has 0 saturated heterocycles. The molecule has 1 aromatic heterocycles. The van der Waals surface area contributed by atoms with E-state index in [-0.39, 0.29) is 18.7 Å². The van der Waals surface area contributed by atoms with Gasteiger partial charge in [-0.1, -0.05) is 45.2 Å². The first-order valence-corrected chi connectivity index (χ1v) is 11.0. The number of nitrogens with one attached hydrogen (secondary N) is 1. The van der Waals surface area contributed by atoms with Crippen LogP contribution in [0.5, 0.6) is 5.75 Å². The van der Waals surface area contributed by atoms with Crippen molar-refractivity contribution in [3.63, 3.8) is 0 Å². The van der Waals surface area contributed by atoms with Gasteiger partial charge in [-0.05, 0) is 31.4 Å². The van der Waals surface area contributed by atoms with E-state index in [0.717, 1.165) is 36.8 Å². The monoisotopic (exact) mass is 418 g/mol. The molecule has 1 fully saturated rings. The second-order valence-electron chi connectivity index (χ2n) is 8.30. The number of nitrogens with zero attached hydrogens (tertiary/aromatic N) is 2. The Morgan fingerprint density at radius 1 is 1.37 bits per heavy atom. The number of amides is 2. The lowest BCUT2D eigenvalue weighted by atomic mass is 9.93. The Labute approximate surface area is 177 Å². The number of aliphatic hydroxyl groups excluding tert-OH is 1. The molecule has 1 aromatic carbocycles. The standard InChI is InChI=1S/C22H34N4O4/c1-4-17-20-19(29-13-16(27)12-24-14(2)3)11-10-18(21(20)30-25-17)26(22(23)28)15-8-6-5-7-9-15/h10-11,14-16,24,27H,4-9,12-13H2,1-3H3,(H2,23,28). The largest absolute Gasteiger partial charge is 0.490 e. The van der Waals surface area contributed by atoms with Crippen molar-refractivity contribution in [2.45, 2.75) is 77.5 Å². The van der Waals surface area contributed by atoms with E-state index in [4.69, 9.17) is 15.0 Å². The molecule has 0 bridgehead atoms. The summed E-state index contributed by atoms with van der Waals surface area (Å²) in [5.41, 5.74) is 7.67. The van der Waals surface area contributed by atoms with Gasteiger partial charge in [0.1, 0.15) is 18.5 Å². The fraction of sp³-hybridized carbons (Fsp3) is 0.636. The topological polar surface area (TPSA) is 114 Å². The Kier molecular flexibility index (Phi) is 7.55. The molecule has 1 aliphatic rings. The van der Waals surface area contributed by atoms with Gasteiger partial charge in [0.2, 0.25) is 0 Å². The Balaban J connectivity index is 1.90. The fourth-order valence-electron chi connectivity index (χ4n) is 4.07. The summed E-state index contributed by atoms with van der Waals surface area (Å²) in [6.45, 7) is 6.63. The van der Waals surface area contributed by atoms with Crippen molar-refractivity contribution >= 4 is 22.7 Å². The van der Waals surface area contributed by atoms with E-state index >= 15 is 0 Å². The third kappa shape index (κ3) is 5.05. The van der Waals surface area contributed by atoms with Crippen LogP contribution < -0.4 is 20.7 Å². The molecule has 2 amide bonds. The maximum Gasteiger partial charge on any atom is 0.319 e. The van der Waals surface area contributed by atoms with Gasteiger partial charge in [-0.3, -0.25) is 4.90 Å². The highest BCUT2D eigenvalue weighted by molar-refractivity contribution is 6.03. The average Bonchev–Trinajstić information content (AvgIpc) is 3.17. The van der Waals surface area contributed by atoms with Gasteiger partial charge >= 0.3 is 6.03 Å². The molecule has 2 aromatic rings. The van der Waals surface area contributed by atoms with Gasteiger partial charge in [0, 0.05) is 18.6 Å². The summed E-state index contributed by atoms with van der Waals surface area (Å²) >= 11 is 0. The van der Waals surface area contributed by atoms with Crippen LogP contribution in [-0.2, 0) is 6.42 Å². The van der Waals surface area contributed by atoms with Crippen LogP contribution in [0.15, 0.2) is 16.7 Å². The maximum atomic E-state index is 12.4. The number of carbonyl (C=O) groups excluding carboxylic acids is 1. The number of carbonyl (C=O) groups is 1. The summed E-state index contributed by atoms with van der Waals surface area (Å²) in [6, 6.07) is 3.48. The molecule has 4 N–H and O–H groups in total. The summed E-state index contributed by atoms with van der Waals surface area (Å²) < 4.78 is 11.6. The highest BCUT2D eigenvalue weighted by atomic mass is 16.5. The van der Waals surface area contributed by atoms with Gasteiger partial charge in [-0.2, -0.15) is 0 Å². The molecule has 8 heteroatoms. The van der Waals surface area contributed by atoms with Gasteiger partial charge in [0.15, 0.2) is 5.58 Å². The number of rotatable bonds is 9. The van der Waals surface area contributed by atoms with E-state index in [1.54, 1.807) is 11.0 Å². The lowest BCUT2D eigenvalue weighted by Gasteiger charge is -2.33. The molecule has 1 saturated carbocycles. The smallest absolute Gasteiger partial charge is 0.319 e. The summed E-state index contributed by atoms with van der Waals surface area (Å²) in [5.74, 6) is 0.587. The zero-order chi connectivity index (χ0) is 21.7. The summed E-state index contributed by atoms with van der Waals surface area (Å²) in [7, 11) is 0. The lowest BCUT2D eigenvalue weighted by Crippen LogP contribution is -2.44. The van der Waals surface area contributed by atoms with E-state index in [1.165, 1.54) is 6.42 Å². The van der Waals surface area contributed by atoms with Crippen molar-refractivity contribution in [2.75, 3.05) is 18.1 Å². The molecule has 30 heavy (non-hydrogen) atoms. The summed E-state index contributed by atoms with van der Waals surface area (Å²) in [5, 5.41) is 18.3. The fourth-order valence-corrected chi connectivity index (χ4v) is 4.07. The van der Waals surface area contributed by atoms with Gasteiger partial charge in [0.25, 0.3) is 0 Å². The molecule has 0 radical (unpaired) electrons. The van der Waals surface area contributed by atoms with Crippen LogP contribution in [-0.4, -0.2) is 47.6 Å². The quantitative estimate of drug-likeness (QED) is 0.575. The van der Waals surface area contributed by atoms with Gasteiger partial charge in [0.05, 0.1) is 16.8 Å². The highest BCUT2D eigenvalue weighted by Crippen LogP contribution is 2.38. The number of aryl methyl sites for hydroxylation is 1. The van der Waals surface area contributed by atoms with Gasteiger partial charge in [-0.25, -0.2) is 4.79 Å². The van der Waals surface area contributed by atoms with Crippen molar-refractivity contribution < 1.29 is 19.2 Å². The summed E-state index contributed by atoms with van der Waals surface area (Å²) in [6.07, 6.45) is 5.21. The van der Waals surface area contributed by atoms with Crippen molar-refractivity contribution in [2.24, 2.45) is 5.73 Å². The first-order valence-electron chi connectivity index (χ1n) is 11.0. The minimum absolute atomic E-state index is 0.0605. The molecule has 0 aliphatic heterocycles. The molecule has 8 nitrogen and oxygen atoms in total. The normalized spacial score (nSPS) is 16.2. The Morgan fingerprint density at radius 2 is 2.10 bits per heavy atom. The number of benzene rings is 1. The van der Waals surface area contributed by atoms with E-state index in [2.05, 4.69) is 10.5 Å². The number of urea groups is 1. The second kappa shape index (κ2) is 10.1. The van der Waals surface area contributed by atoms with Gasteiger partial charge in [-0.15, -0.1) is 0 Å². The van der Waals surface area contributed by atoms with Crippen molar-refractivity contribution in [3.05, 3.63) is 17.8 Å². The van der Waals surface area contributed by atoms with E-state index in [0.29, 0.717) is 30.0 Å². The van der Waals surface area contributed by atoms with Crippen molar-refractivity contribution in [1.29, 1.82) is 0 Å². The first kappa shape index (κ1) is 22.4. The molecule has 1 heterocycles. The number of nitrogens with two attached hydrogens (primary N) is 1. The van der Waals surface area contributed by atoms with Crippen LogP contribution in [0.2, 0.25) is 0 Å². The number of hydrogen-bond donors (Lipinski definition) is 3. The third-order valence-electron chi connectivity index (χ3n) is 5.60. The maximum absolute atomic E-state index is 12.4. The number of hydrogen-bond acceptors (Lipinski definition) is 6. The number of anilines is 1. The SMILES string of the molecule is CCc1noc2c(N(C(N)=O)C3CCCCC3)ccc(OCC(O)CNC(C)C)c12. The van der Waals surface area contributed by atoms with Crippen molar-refractivity contribution in [1.82, 2.24) is 10.5 Å². The third-order valence-corrected chi connectivity index (χ3v) is 5.60. The van der Waals surface area contributed by atoms with E-state index in [9.17, 15) is 9.90 Å². The molecular formula is C22H34N4O4. The Hall–Kier alpha value is -2.32. The second-order valence-corrected chi connectivity index (χ2v) is 8.30. The zero-order valence-corrected chi connectivity index (χ0v) is 18.2. The minimum atomic E-state index is -0.642. The number of primary amides is 1. The molecule has 1 unspecified atom stereocenters. The number of ether oxygens (including phenoxy) is 1. The summed E-state index contributed by atoms with van der Waals surface area (Å²) in [4.78, 5) is 14.0. The number of fused-ring (bicyclic) bond motifs is 1. The van der Waals surface area contributed by atoms with Gasteiger partial charge < -0.3 is 25.4 Å². The molecular weight excluding hydrogens is 384 g/mol. The minimum Gasteiger partial charge on any atom is -0.490 e. The Bertz CT molecular complexity index is 845. The van der Waals surface area contributed by atoms with Crippen LogP contribution >= 0.6 is 0 Å². The molecule has 1 aliphatic carbocycles. The van der Waals surface area contributed by atoms with E-state index < -0.39 is 12.1 Å². The van der Waals surface area contributed by atoms with Crippen LogP contribution in [0, 0.1) is 0 Å². The number of aromatic nitrogens is 1. The molecule has 1 atom stereocenters. The highest BCUT2D eigenvalue weighted by Gasteiger charge is 2.29. The van der Waals surface area contributed by atoms with Crippen LogP contribution in [0.3, 0.4) is 0 Å². The number of aliphatic hydroxyl groups is 1. The predicted octanol–water partition coefficient (Wildman–Crippen LogP) is 3.35. The van der Waals surface area contributed by atoms with Crippen LogP contribution in [0.1, 0.15) is 58.6 Å². The molecule has 166 valence electrons. The molecule has 0 spiro atoms. The van der Waals surface area contributed by atoms with E-state index in [1.807, 2.05) is 26.8 Å². The van der Waals surface area contributed by atoms with Crippen LogP contribution in [0.25, 0.3) is 11.0 Å². The molecule has 3 rings (SSSR count). The van der Waals surface area contributed by atoms with Crippen LogP contribution in [0.4, 0.5) is 10.5 Å².